The lowest BCUT2D eigenvalue weighted by molar-refractivity contribution is -0.138. The Morgan fingerprint density at radius 2 is 2.00 bits per heavy atom. The van der Waals surface area contributed by atoms with Crippen LogP contribution in [0.3, 0.4) is 0 Å². The Balaban J connectivity index is 3.10. The van der Waals surface area contributed by atoms with E-state index >= 15 is 0 Å². The fourth-order valence-electron chi connectivity index (χ4n) is 1.83. The van der Waals surface area contributed by atoms with Crippen molar-refractivity contribution in [2.45, 2.75) is 32.0 Å². The van der Waals surface area contributed by atoms with E-state index in [-0.39, 0.29) is 12.1 Å². The molecule has 0 spiro atoms. The third kappa shape index (κ3) is 4.66. The highest BCUT2D eigenvalue weighted by Gasteiger charge is 2.35. The van der Waals surface area contributed by atoms with Crippen molar-refractivity contribution in [3.63, 3.8) is 0 Å². The van der Waals surface area contributed by atoms with Gasteiger partial charge < -0.3 is 16.2 Å². The molecule has 0 aromatic heterocycles. The Hall–Kier alpha value is -2.25. The molecule has 1 rings (SSSR count). The Bertz CT molecular complexity index is 544. The molecular formula is C13H15F3N2O3. The van der Waals surface area contributed by atoms with Gasteiger partial charge in [0.2, 0.25) is 5.91 Å². The van der Waals surface area contributed by atoms with Crippen molar-refractivity contribution in [2.75, 3.05) is 5.32 Å². The number of carbonyl (C=O) groups excluding carboxylic acids is 1. The Kier molecular flexibility index (Phi) is 5.17. The van der Waals surface area contributed by atoms with Gasteiger partial charge in [-0.05, 0) is 24.6 Å². The molecule has 4 N–H and O–H groups in total. The smallest absolute Gasteiger partial charge is 0.417 e. The number of halogens is 3. The zero-order chi connectivity index (χ0) is 16.2. The number of aliphatic carboxylic acids is 1. The number of anilines is 1. The normalized spacial score (nSPS) is 12.8. The summed E-state index contributed by atoms with van der Waals surface area (Å²) in [6.07, 6.45) is -4.53. The van der Waals surface area contributed by atoms with E-state index in [0.717, 1.165) is 12.1 Å². The standard InChI is InChI=1S/C13H15F3N2O3/c1-2-7(6-11(19)20)18-8-3-4-9(12(17)21)10(5-8)13(14,15)16/h3-5,7,18H,2,6H2,1H3,(H2,17,21)(H,19,20). The lowest BCUT2D eigenvalue weighted by Crippen LogP contribution is -2.23. The van der Waals surface area contributed by atoms with Gasteiger partial charge in [-0.2, -0.15) is 13.2 Å². The molecular weight excluding hydrogens is 289 g/mol. The van der Waals surface area contributed by atoms with Gasteiger partial charge in [-0.25, -0.2) is 0 Å². The quantitative estimate of drug-likeness (QED) is 0.752. The first-order valence-electron chi connectivity index (χ1n) is 6.14. The summed E-state index contributed by atoms with van der Waals surface area (Å²) in [5, 5.41) is 11.4. The first-order valence-corrected chi connectivity index (χ1v) is 6.14. The van der Waals surface area contributed by atoms with E-state index in [0.29, 0.717) is 6.42 Å². The molecule has 5 nitrogen and oxygen atoms in total. The van der Waals surface area contributed by atoms with Gasteiger partial charge in [-0.3, -0.25) is 9.59 Å². The summed E-state index contributed by atoms with van der Waals surface area (Å²) in [6.45, 7) is 1.71. The summed E-state index contributed by atoms with van der Waals surface area (Å²) in [4.78, 5) is 21.7. The minimum absolute atomic E-state index is 0.0837. The average molecular weight is 304 g/mol. The number of alkyl halides is 3. The molecule has 0 saturated carbocycles. The van der Waals surface area contributed by atoms with Crippen molar-refractivity contribution in [2.24, 2.45) is 5.73 Å². The molecule has 1 atom stereocenters. The maximum absolute atomic E-state index is 12.9. The van der Waals surface area contributed by atoms with Crippen LogP contribution in [-0.2, 0) is 11.0 Å². The second-order valence-electron chi connectivity index (χ2n) is 4.47. The molecule has 1 unspecified atom stereocenters. The van der Waals surface area contributed by atoms with Gasteiger partial charge in [0.1, 0.15) is 0 Å². The fraction of sp³-hybridized carbons (Fsp3) is 0.385. The van der Waals surface area contributed by atoms with Gasteiger partial charge in [0.25, 0.3) is 0 Å². The minimum Gasteiger partial charge on any atom is -0.481 e. The van der Waals surface area contributed by atoms with Gasteiger partial charge in [0, 0.05) is 11.7 Å². The summed E-state index contributed by atoms with van der Waals surface area (Å²) in [5.41, 5.74) is 3.23. The van der Waals surface area contributed by atoms with Crippen molar-refractivity contribution >= 4 is 17.6 Å². The van der Waals surface area contributed by atoms with Crippen LogP contribution in [0, 0.1) is 0 Å². The molecule has 21 heavy (non-hydrogen) atoms. The van der Waals surface area contributed by atoms with Crippen LogP contribution in [0.5, 0.6) is 0 Å². The number of hydrogen-bond acceptors (Lipinski definition) is 3. The predicted octanol–water partition coefficient (Wildman–Crippen LogP) is 2.47. The molecule has 0 aliphatic carbocycles. The van der Waals surface area contributed by atoms with Crippen LogP contribution in [0.2, 0.25) is 0 Å². The van der Waals surface area contributed by atoms with Crippen LogP contribution in [-0.4, -0.2) is 23.0 Å². The van der Waals surface area contributed by atoms with Gasteiger partial charge in [-0.1, -0.05) is 6.92 Å². The first-order chi connectivity index (χ1) is 9.65. The first kappa shape index (κ1) is 16.8. The van der Waals surface area contributed by atoms with E-state index in [1.807, 2.05) is 0 Å². The minimum atomic E-state index is -4.73. The third-order valence-corrected chi connectivity index (χ3v) is 2.88. The van der Waals surface area contributed by atoms with E-state index < -0.39 is 35.2 Å². The van der Waals surface area contributed by atoms with Crippen molar-refractivity contribution in [1.29, 1.82) is 0 Å². The zero-order valence-electron chi connectivity index (χ0n) is 11.2. The van der Waals surface area contributed by atoms with Gasteiger partial charge in [-0.15, -0.1) is 0 Å². The van der Waals surface area contributed by atoms with Crippen LogP contribution in [0.4, 0.5) is 18.9 Å². The van der Waals surface area contributed by atoms with Crippen LogP contribution in [0.25, 0.3) is 0 Å². The lowest BCUT2D eigenvalue weighted by Gasteiger charge is -2.18. The van der Waals surface area contributed by atoms with Crippen molar-refractivity contribution < 1.29 is 27.9 Å². The lowest BCUT2D eigenvalue weighted by atomic mass is 10.0. The molecule has 1 aromatic carbocycles. The van der Waals surface area contributed by atoms with Crippen LogP contribution in [0.1, 0.15) is 35.7 Å². The van der Waals surface area contributed by atoms with Crippen molar-refractivity contribution in [3.8, 4) is 0 Å². The van der Waals surface area contributed by atoms with E-state index in [2.05, 4.69) is 5.32 Å². The second kappa shape index (κ2) is 6.47. The number of carbonyl (C=O) groups is 2. The van der Waals surface area contributed by atoms with E-state index in [1.165, 1.54) is 6.07 Å². The van der Waals surface area contributed by atoms with Crippen molar-refractivity contribution in [3.05, 3.63) is 29.3 Å². The monoisotopic (exact) mass is 304 g/mol. The number of carboxylic acid groups (broad SMARTS) is 1. The Labute approximate surface area is 118 Å². The number of rotatable bonds is 6. The Morgan fingerprint density at radius 3 is 2.43 bits per heavy atom. The number of carboxylic acids is 1. The number of nitrogens with two attached hydrogens (primary N) is 1. The maximum Gasteiger partial charge on any atom is 0.417 e. The van der Waals surface area contributed by atoms with E-state index in [1.54, 1.807) is 6.92 Å². The number of benzene rings is 1. The van der Waals surface area contributed by atoms with Gasteiger partial charge in [0.15, 0.2) is 0 Å². The van der Waals surface area contributed by atoms with Gasteiger partial charge >= 0.3 is 12.1 Å². The zero-order valence-corrected chi connectivity index (χ0v) is 11.2. The maximum atomic E-state index is 12.9. The molecule has 0 fully saturated rings. The molecule has 0 heterocycles. The molecule has 116 valence electrons. The largest absolute Gasteiger partial charge is 0.481 e. The number of amides is 1. The number of primary amides is 1. The molecule has 0 aliphatic heterocycles. The van der Waals surface area contributed by atoms with E-state index in [4.69, 9.17) is 10.8 Å². The molecule has 0 bridgehead atoms. The topological polar surface area (TPSA) is 92.4 Å². The van der Waals surface area contributed by atoms with Crippen molar-refractivity contribution in [1.82, 2.24) is 0 Å². The summed E-state index contributed by atoms with van der Waals surface area (Å²) >= 11 is 0. The van der Waals surface area contributed by atoms with Gasteiger partial charge in [0.05, 0.1) is 17.5 Å². The molecule has 1 aromatic rings. The highest BCUT2D eigenvalue weighted by molar-refractivity contribution is 5.95. The highest BCUT2D eigenvalue weighted by Crippen LogP contribution is 2.34. The highest BCUT2D eigenvalue weighted by atomic mass is 19.4. The summed E-state index contributed by atoms with van der Waals surface area (Å²) in [6, 6.07) is 2.48. The molecule has 0 radical (unpaired) electrons. The van der Waals surface area contributed by atoms with Crippen LogP contribution < -0.4 is 11.1 Å². The second-order valence-corrected chi connectivity index (χ2v) is 4.47. The molecule has 0 aliphatic rings. The summed E-state index contributed by atoms with van der Waals surface area (Å²) in [7, 11) is 0. The summed E-state index contributed by atoms with van der Waals surface area (Å²) in [5.74, 6) is -2.23. The molecule has 1 amide bonds. The summed E-state index contributed by atoms with van der Waals surface area (Å²) < 4.78 is 38.7. The SMILES string of the molecule is CCC(CC(=O)O)Nc1ccc(C(N)=O)c(C(F)(F)F)c1. The van der Waals surface area contributed by atoms with E-state index in [9.17, 15) is 22.8 Å². The number of hydrogen-bond donors (Lipinski definition) is 3. The number of nitrogens with one attached hydrogen (secondary N) is 1. The van der Waals surface area contributed by atoms with Crippen LogP contribution >= 0.6 is 0 Å². The molecule has 0 saturated heterocycles. The molecule has 8 heteroatoms. The fourth-order valence-corrected chi connectivity index (χ4v) is 1.83. The van der Waals surface area contributed by atoms with Crippen LogP contribution in [0.15, 0.2) is 18.2 Å². The Morgan fingerprint density at radius 1 is 1.38 bits per heavy atom. The third-order valence-electron chi connectivity index (χ3n) is 2.88. The average Bonchev–Trinajstić information content (AvgIpc) is 2.36. The predicted molar refractivity (Wildman–Crippen MR) is 69.9 cm³/mol.